The molecular formula is C18H35N3. The van der Waals surface area contributed by atoms with Crippen LogP contribution in [0.1, 0.15) is 70.6 Å². The van der Waals surface area contributed by atoms with Crippen molar-refractivity contribution in [2.24, 2.45) is 10.7 Å². The van der Waals surface area contributed by atoms with Gasteiger partial charge in [0.15, 0.2) is 0 Å². The third kappa shape index (κ3) is 8.92. The number of hydrogen-bond acceptors (Lipinski definition) is 3. The first-order valence-electron chi connectivity index (χ1n) is 8.97. The lowest BCUT2D eigenvalue weighted by atomic mass is 10.1. The number of allylic oxidation sites excluding steroid dienone is 1. The zero-order valence-corrected chi connectivity index (χ0v) is 13.9. The summed E-state index contributed by atoms with van der Waals surface area (Å²) in [7, 11) is 0. The third-order valence-corrected chi connectivity index (χ3v) is 4.24. The molecule has 3 heteroatoms. The summed E-state index contributed by atoms with van der Waals surface area (Å²) in [6, 6.07) is 0. The number of nitrogens with zero attached hydrogens (tertiary/aromatic N) is 2. The lowest BCUT2D eigenvalue weighted by molar-refractivity contribution is 0.456. The van der Waals surface area contributed by atoms with E-state index in [-0.39, 0.29) is 0 Å². The summed E-state index contributed by atoms with van der Waals surface area (Å²) >= 11 is 0. The highest BCUT2D eigenvalue weighted by molar-refractivity contribution is 5.83. The molecule has 2 N–H and O–H groups in total. The first kappa shape index (κ1) is 18.2. The largest absolute Gasteiger partial charge is 0.357 e. The van der Waals surface area contributed by atoms with Gasteiger partial charge in [0.25, 0.3) is 0 Å². The fourth-order valence-electron chi connectivity index (χ4n) is 2.97. The van der Waals surface area contributed by atoms with Crippen LogP contribution in [-0.2, 0) is 0 Å². The van der Waals surface area contributed by atoms with Crippen LogP contribution in [0.5, 0.6) is 0 Å². The molecule has 0 bridgehead atoms. The fourth-order valence-corrected chi connectivity index (χ4v) is 2.97. The summed E-state index contributed by atoms with van der Waals surface area (Å²) in [5.41, 5.74) is 5.63. The average molecular weight is 293 g/mol. The Hall–Kier alpha value is -0.830. The molecule has 0 saturated heterocycles. The normalized spacial score (nSPS) is 14.5. The van der Waals surface area contributed by atoms with Gasteiger partial charge in [-0.3, -0.25) is 4.99 Å². The maximum Gasteiger partial charge on any atom is 0.0990 e. The van der Waals surface area contributed by atoms with E-state index >= 15 is 0 Å². The Morgan fingerprint density at radius 3 is 2.24 bits per heavy atom. The van der Waals surface area contributed by atoms with Crippen molar-refractivity contribution in [3.05, 3.63) is 12.7 Å². The molecule has 0 amide bonds. The van der Waals surface area contributed by atoms with Crippen molar-refractivity contribution in [3.8, 4) is 0 Å². The Kier molecular flexibility index (Phi) is 11.2. The number of unbranched alkanes of at least 4 members (excludes halogenated alkanes) is 9. The lowest BCUT2D eigenvalue weighted by Crippen LogP contribution is -2.32. The Bertz CT molecular complexity index is 286. The van der Waals surface area contributed by atoms with Gasteiger partial charge in [0.2, 0.25) is 0 Å². The summed E-state index contributed by atoms with van der Waals surface area (Å²) in [4.78, 5) is 6.96. The maximum atomic E-state index is 5.63. The van der Waals surface area contributed by atoms with Gasteiger partial charge < -0.3 is 10.6 Å². The molecule has 0 fully saturated rings. The van der Waals surface area contributed by atoms with Crippen LogP contribution >= 0.6 is 0 Å². The zero-order valence-electron chi connectivity index (χ0n) is 13.9. The van der Waals surface area contributed by atoms with Crippen LogP contribution in [0.3, 0.4) is 0 Å². The van der Waals surface area contributed by atoms with E-state index in [4.69, 9.17) is 5.73 Å². The topological polar surface area (TPSA) is 41.6 Å². The van der Waals surface area contributed by atoms with E-state index in [0.29, 0.717) is 0 Å². The Morgan fingerprint density at radius 2 is 1.62 bits per heavy atom. The quantitative estimate of drug-likeness (QED) is 0.386. The molecule has 0 saturated carbocycles. The molecule has 0 aliphatic carbocycles. The molecule has 3 nitrogen and oxygen atoms in total. The third-order valence-electron chi connectivity index (χ3n) is 4.24. The number of rotatable bonds is 14. The fraction of sp³-hybridized carbons (Fsp3) is 0.833. The van der Waals surface area contributed by atoms with Crippen molar-refractivity contribution in [1.29, 1.82) is 0 Å². The molecule has 21 heavy (non-hydrogen) atoms. The first-order chi connectivity index (χ1) is 10.4. The molecule has 0 atom stereocenters. The Morgan fingerprint density at radius 1 is 1.00 bits per heavy atom. The summed E-state index contributed by atoms with van der Waals surface area (Å²) in [6.07, 6.45) is 16.7. The smallest absolute Gasteiger partial charge is 0.0990 e. The molecule has 1 rings (SSSR count). The SMILES string of the molecule is C=CCCCCCCCCCCCC1=NCCN1CCN. The van der Waals surface area contributed by atoms with E-state index in [9.17, 15) is 0 Å². The van der Waals surface area contributed by atoms with E-state index in [0.717, 1.165) is 32.6 Å². The number of aliphatic imine (C=N–C) groups is 1. The van der Waals surface area contributed by atoms with Crippen molar-refractivity contribution < 1.29 is 0 Å². The Labute approximate surface area is 131 Å². The molecule has 0 aromatic carbocycles. The van der Waals surface area contributed by atoms with Crippen LogP contribution in [0.15, 0.2) is 17.6 Å². The van der Waals surface area contributed by atoms with E-state index in [1.165, 1.54) is 70.0 Å². The molecule has 1 aliphatic heterocycles. The van der Waals surface area contributed by atoms with Crippen LogP contribution in [0.2, 0.25) is 0 Å². The van der Waals surface area contributed by atoms with Crippen LogP contribution in [0, 0.1) is 0 Å². The molecule has 0 spiro atoms. The molecule has 0 aromatic heterocycles. The molecule has 1 heterocycles. The van der Waals surface area contributed by atoms with Crippen molar-refractivity contribution in [1.82, 2.24) is 4.90 Å². The van der Waals surface area contributed by atoms with Crippen molar-refractivity contribution in [3.63, 3.8) is 0 Å². The second-order valence-electron chi connectivity index (χ2n) is 6.08. The molecule has 1 aliphatic rings. The summed E-state index contributed by atoms with van der Waals surface area (Å²) < 4.78 is 0. The molecule has 0 radical (unpaired) electrons. The number of amidine groups is 1. The van der Waals surface area contributed by atoms with Crippen LogP contribution < -0.4 is 5.73 Å². The minimum Gasteiger partial charge on any atom is -0.357 e. The highest BCUT2D eigenvalue weighted by Gasteiger charge is 2.14. The minimum atomic E-state index is 0.742. The predicted molar refractivity (Wildman–Crippen MR) is 93.9 cm³/mol. The van der Waals surface area contributed by atoms with Gasteiger partial charge in [-0.1, -0.05) is 51.0 Å². The van der Waals surface area contributed by atoms with Gasteiger partial charge in [-0.15, -0.1) is 6.58 Å². The summed E-state index contributed by atoms with van der Waals surface area (Å²) in [5.74, 6) is 1.31. The minimum absolute atomic E-state index is 0.742. The van der Waals surface area contributed by atoms with Crippen LogP contribution in [-0.4, -0.2) is 36.9 Å². The van der Waals surface area contributed by atoms with E-state index < -0.39 is 0 Å². The highest BCUT2D eigenvalue weighted by atomic mass is 15.2. The highest BCUT2D eigenvalue weighted by Crippen LogP contribution is 2.13. The first-order valence-corrected chi connectivity index (χ1v) is 8.97. The number of hydrogen-bond donors (Lipinski definition) is 1. The molecule has 0 unspecified atom stereocenters. The lowest BCUT2D eigenvalue weighted by Gasteiger charge is -2.19. The maximum absolute atomic E-state index is 5.63. The van der Waals surface area contributed by atoms with E-state index in [1.54, 1.807) is 0 Å². The van der Waals surface area contributed by atoms with E-state index in [2.05, 4.69) is 16.5 Å². The molecular weight excluding hydrogens is 258 g/mol. The van der Waals surface area contributed by atoms with Crippen LogP contribution in [0.4, 0.5) is 0 Å². The van der Waals surface area contributed by atoms with E-state index in [1.807, 2.05) is 6.08 Å². The predicted octanol–water partition coefficient (Wildman–Crippen LogP) is 4.14. The van der Waals surface area contributed by atoms with Crippen molar-refractivity contribution >= 4 is 5.84 Å². The van der Waals surface area contributed by atoms with Crippen molar-refractivity contribution in [2.75, 3.05) is 26.2 Å². The van der Waals surface area contributed by atoms with Gasteiger partial charge >= 0.3 is 0 Å². The second-order valence-corrected chi connectivity index (χ2v) is 6.08. The van der Waals surface area contributed by atoms with Crippen molar-refractivity contribution in [2.45, 2.75) is 70.6 Å². The van der Waals surface area contributed by atoms with Gasteiger partial charge in [0, 0.05) is 26.1 Å². The second kappa shape index (κ2) is 12.9. The monoisotopic (exact) mass is 293 g/mol. The molecule has 122 valence electrons. The zero-order chi connectivity index (χ0) is 15.2. The summed E-state index contributed by atoms with van der Waals surface area (Å²) in [6.45, 7) is 7.54. The Balaban J connectivity index is 1.85. The molecule has 0 aromatic rings. The van der Waals surface area contributed by atoms with Gasteiger partial charge in [0.05, 0.1) is 12.4 Å². The average Bonchev–Trinajstić information content (AvgIpc) is 2.92. The van der Waals surface area contributed by atoms with Gasteiger partial charge in [-0.2, -0.15) is 0 Å². The summed E-state index contributed by atoms with van der Waals surface area (Å²) in [5, 5.41) is 0. The van der Waals surface area contributed by atoms with Gasteiger partial charge in [0.1, 0.15) is 0 Å². The van der Waals surface area contributed by atoms with Crippen LogP contribution in [0.25, 0.3) is 0 Å². The standard InChI is InChI=1S/C18H35N3/c1-2-3-4-5-6-7-8-9-10-11-12-13-18-20-15-17-21(18)16-14-19/h2H,1,3-17,19H2. The number of nitrogens with two attached hydrogens (primary N) is 1. The van der Waals surface area contributed by atoms with Gasteiger partial charge in [-0.25, -0.2) is 0 Å². The van der Waals surface area contributed by atoms with Gasteiger partial charge in [-0.05, 0) is 19.3 Å².